The van der Waals surface area contributed by atoms with E-state index in [0.717, 1.165) is 35.4 Å². The Kier molecular flexibility index (Phi) is 35.6. The summed E-state index contributed by atoms with van der Waals surface area (Å²) in [5.74, 6) is 0. The SMILES string of the molecule is CCn1n[c]([Sn]([CH3])([CH3])[CH3])c2ccccc21.CCn1nc(-c2ccnc(Cl)n2)c2ccccc21.Clc1ccnc(Cl)n1.[Pd].c1ccc(P(c2ccccc2)c2ccccc2)cc1.c1ccc(P(c2ccccc2)c2ccccc2)cc1.c1ccc(P(c2ccccc2)c2ccccc2)cc1.c1ccc(P(c2ccccc2)c2ccccc2)cc1. The first kappa shape index (κ1) is 89.0. The number of halogens is 3. The van der Waals surface area contributed by atoms with Crippen molar-refractivity contribution in [1.29, 1.82) is 0 Å². The smallest absolute Gasteiger partial charge is 0.223 e. The second-order valence-electron chi connectivity index (χ2n) is 27.3. The molecule has 0 fully saturated rings. The maximum Gasteiger partial charge on any atom is 0.223 e. The molecule has 0 atom stereocenters. The molecule has 0 saturated carbocycles. The molecule has 18 aromatic rings. The molecule has 14 aromatic carbocycles. The summed E-state index contributed by atoms with van der Waals surface area (Å²) in [6.45, 7) is 6.00. The fraction of sp³-hybridized carbons (Fsp3) is 0.0693. The van der Waals surface area contributed by atoms with E-state index in [4.69, 9.17) is 39.9 Å². The molecule has 17 heteroatoms. The maximum atomic E-state index is 5.83. The Labute approximate surface area is 733 Å². The van der Waals surface area contributed by atoms with Crippen LogP contribution in [0.3, 0.4) is 0 Å². The number of aromatic nitrogens is 8. The number of benzene rings is 14. The number of aryl methyl sites for hydroxylation is 2. The van der Waals surface area contributed by atoms with Crippen LogP contribution in [0, 0.1) is 0 Å². The first-order valence-electron chi connectivity index (χ1n) is 38.8. The van der Waals surface area contributed by atoms with E-state index in [9.17, 15) is 0 Å². The van der Waals surface area contributed by atoms with Gasteiger partial charge >= 0.3 is 95.3 Å². The summed E-state index contributed by atoms with van der Waals surface area (Å²) in [6, 6.07) is 149. The van der Waals surface area contributed by atoms with Gasteiger partial charge in [-0.3, -0.25) is 4.68 Å². The first-order valence-corrected chi connectivity index (χ1v) is 55.3. The van der Waals surface area contributed by atoms with Crippen molar-refractivity contribution in [1.82, 2.24) is 39.5 Å². The van der Waals surface area contributed by atoms with Crippen LogP contribution in [0.25, 0.3) is 33.2 Å². The van der Waals surface area contributed by atoms with Gasteiger partial charge in [0.15, 0.2) is 0 Å². The summed E-state index contributed by atoms with van der Waals surface area (Å²) in [6.07, 6.45) is 3.14. The Morgan fingerprint density at radius 2 is 0.483 bits per heavy atom. The van der Waals surface area contributed by atoms with Gasteiger partial charge in [0.05, 0.1) is 11.2 Å². The Bertz CT molecular complexity index is 5030. The van der Waals surface area contributed by atoms with Crippen molar-refractivity contribution in [3.8, 4) is 11.4 Å². The number of fused-ring (bicyclic) bond motifs is 2. The molecular formula is C101H91Cl3N8P4PdSn. The van der Waals surface area contributed by atoms with Gasteiger partial charge in [0.1, 0.15) is 10.8 Å². The van der Waals surface area contributed by atoms with Crippen LogP contribution in [-0.4, -0.2) is 57.9 Å². The molecule has 118 heavy (non-hydrogen) atoms. The van der Waals surface area contributed by atoms with E-state index >= 15 is 0 Å². The Morgan fingerprint density at radius 3 is 0.712 bits per heavy atom. The van der Waals surface area contributed by atoms with E-state index in [1.807, 2.05) is 28.9 Å². The number of para-hydroxylation sites is 2. The number of rotatable bonds is 16. The predicted octanol–water partition coefficient (Wildman–Crippen LogP) is 21.3. The summed E-state index contributed by atoms with van der Waals surface area (Å²) in [7, 11) is -1.78. The molecular weight excluding hydrogens is 1780 g/mol. The second kappa shape index (κ2) is 47.1. The van der Waals surface area contributed by atoms with Crippen molar-refractivity contribution in [2.24, 2.45) is 0 Å². The van der Waals surface area contributed by atoms with Gasteiger partial charge in [-0.25, -0.2) is 19.9 Å². The molecule has 0 radical (unpaired) electrons. The normalized spacial score (nSPS) is 10.7. The molecule has 4 aromatic heterocycles. The zero-order valence-electron chi connectivity index (χ0n) is 66.3. The molecule has 0 bridgehead atoms. The first-order chi connectivity index (χ1) is 57.4. The van der Waals surface area contributed by atoms with Crippen LogP contribution in [0.2, 0.25) is 30.5 Å². The predicted molar refractivity (Wildman–Crippen MR) is 512 cm³/mol. The number of hydrogen-bond donors (Lipinski definition) is 0. The summed E-state index contributed by atoms with van der Waals surface area (Å²) >= 11 is 14.5. The van der Waals surface area contributed by atoms with Crippen molar-refractivity contribution >= 4 is 174 Å². The number of hydrogen-bond acceptors (Lipinski definition) is 6. The maximum absolute atomic E-state index is 5.83. The fourth-order valence-electron chi connectivity index (χ4n) is 13.0. The van der Waals surface area contributed by atoms with Crippen molar-refractivity contribution in [3.05, 3.63) is 453 Å². The molecule has 0 saturated heterocycles. The van der Waals surface area contributed by atoms with E-state index < -0.39 is 50.1 Å². The van der Waals surface area contributed by atoms with E-state index in [1.165, 1.54) is 84.5 Å². The van der Waals surface area contributed by atoms with Gasteiger partial charge in [-0.2, -0.15) is 5.10 Å². The molecule has 0 aliphatic rings. The molecule has 4 heterocycles. The third-order valence-corrected chi connectivity index (χ3v) is 33.7. The standard InChI is InChI=1S/4C18H15P.C13H11ClN4.C9H9N2.C4H2Cl2N2.3CH3.Pd.Sn/c4*1-4-10-16(11-5-1)19(17-12-6-2-7-13-17)18-14-8-3-9-15-18;1-2-18-11-6-4-3-5-9(11)12(17-18)10-7-8-15-13(14)16-10;1-2-11-9-6-4-3-5-8(9)7-10-11;5-3-1-2-7-4(6)8-3;;;;;/h4*1-15H;3-8H,2H2,1H3;3-6H,2H2,1H3;1-2H;3*1H3;;. The van der Waals surface area contributed by atoms with E-state index in [2.05, 4.69) is 453 Å². The minimum atomic E-state index is -2.06. The molecule has 18 rings (SSSR count). The van der Waals surface area contributed by atoms with E-state index in [1.54, 1.807) is 12.3 Å². The minimum absolute atomic E-state index is 0. The van der Waals surface area contributed by atoms with Crippen LogP contribution in [0.5, 0.6) is 0 Å². The van der Waals surface area contributed by atoms with Gasteiger partial charge in [0, 0.05) is 44.7 Å². The summed E-state index contributed by atoms with van der Waals surface area (Å²) in [5, 5.41) is 29.4. The van der Waals surface area contributed by atoms with Gasteiger partial charge in [0.2, 0.25) is 10.6 Å². The van der Waals surface area contributed by atoms with Crippen LogP contribution in [0.1, 0.15) is 13.8 Å². The molecule has 590 valence electrons. The minimum Gasteiger partial charge on any atom is -0.264 e. The largest absolute Gasteiger partial charge is 0.264 e. The third-order valence-electron chi connectivity index (χ3n) is 18.3. The second-order valence-corrected chi connectivity index (χ2v) is 51.5. The zero-order chi connectivity index (χ0) is 81.2. The Morgan fingerprint density at radius 1 is 0.263 bits per heavy atom. The van der Waals surface area contributed by atoms with Crippen LogP contribution in [0.15, 0.2) is 437 Å². The van der Waals surface area contributed by atoms with Gasteiger partial charge in [-0.15, -0.1) is 0 Å². The topological polar surface area (TPSA) is 87.2 Å². The zero-order valence-corrected chi connectivity index (χ0v) is 76.6. The van der Waals surface area contributed by atoms with Gasteiger partial charge in [-0.1, -0.05) is 394 Å². The van der Waals surface area contributed by atoms with Crippen LogP contribution < -0.4 is 67.4 Å². The monoisotopic (exact) mass is 1870 g/mol. The molecule has 0 spiro atoms. The van der Waals surface area contributed by atoms with Crippen molar-refractivity contribution in [2.75, 3.05) is 0 Å². The molecule has 0 unspecified atom stereocenters. The Balaban J connectivity index is 0.000000136. The number of nitrogens with zero attached hydrogens (tertiary/aromatic N) is 8. The molecule has 0 amide bonds. The van der Waals surface area contributed by atoms with Gasteiger partial charge < -0.3 is 0 Å². The fourth-order valence-corrected chi connectivity index (χ4v) is 26.8. The van der Waals surface area contributed by atoms with Gasteiger partial charge in [0.25, 0.3) is 0 Å². The molecule has 0 N–H and O–H groups in total. The molecule has 0 aliphatic heterocycles. The van der Waals surface area contributed by atoms with E-state index in [0.29, 0.717) is 5.15 Å². The summed E-state index contributed by atoms with van der Waals surface area (Å²) < 4.78 is 5.50. The summed E-state index contributed by atoms with van der Waals surface area (Å²) in [5.41, 5.74) is 3.99. The third kappa shape index (κ3) is 25.6. The van der Waals surface area contributed by atoms with Crippen LogP contribution in [0.4, 0.5) is 0 Å². The molecule has 0 aliphatic carbocycles. The van der Waals surface area contributed by atoms with Crippen LogP contribution >= 0.6 is 66.5 Å². The Hall–Kier alpha value is -9.77. The van der Waals surface area contributed by atoms with Gasteiger partial charge in [-0.05, 0) is 144 Å². The average Bonchev–Trinajstić information content (AvgIpc) is 1.57. The van der Waals surface area contributed by atoms with Crippen molar-refractivity contribution in [2.45, 2.75) is 41.8 Å². The van der Waals surface area contributed by atoms with Crippen molar-refractivity contribution in [3.63, 3.8) is 0 Å². The average molecular weight is 1870 g/mol. The molecule has 8 nitrogen and oxygen atoms in total. The summed E-state index contributed by atoms with van der Waals surface area (Å²) in [4.78, 5) is 22.6. The van der Waals surface area contributed by atoms with E-state index in [-0.39, 0.29) is 31.0 Å². The van der Waals surface area contributed by atoms with Crippen molar-refractivity contribution < 1.29 is 20.4 Å². The van der Waals surface area contributed by atoms with Crippen LogP contribution in [-0.2, 0) is 33.5 Å². The quantitative estimate of drug-likeness (QED) is 0.0415.